The number of hydrogen-bond donors (Lipinski definition) is 0. The van der Waals surface area contributed by atoms with Crippen LogP contribution in [-0.2, 0) is 6.54 Å². The molecule has 1 fully saturated rings. The van der Waals surface area contributed by atoms with Gasteiger partial charge >= 0.3 is 0 Å². The molecule has 1 aromatic carbocycles. The van der Waals surface area contributed by atoms with Crippen molar-refractivity contribution in [2.24, 2.45) is 0 Å². The van der Waals surface area contributed by atoms with Crippen molar-refractivity contribution in [1.29, 1.82) is 0 Å². The summed E-state index contributed by atoms with van der Waals surface area (Å²) in [6.07, 6.45) is 8.27. The van der Waals surface area contributed by atoms with Crippen LogP contribution in [0.1, 0.15) is 30.5 Å². The third-order valence-corrected chi connectivity index (χ3v) is 5.12. The molecule has 0 amide bonds. The summed E-state index contributed by atoms with van der Waals surface area (Å²) in [4.78, 5) is 2.52. The number of benzene rings is 1. The van der Waals surface area contributed by atoms with Gasteiger partial charge in [0.1, 0.15) is 0 Å². The lowest BCUT2D eigenvalue weighted by molar-refractivity contribution is -0.663. The van der Waals surface area contributed by atoms with Crippen LogP contribution in [0.15, 0.2) is 49.2 Å². The van der Waals surface area contributed by atoms with Crippen molar-refractivity contribution in [1.82, 2.24) is 4.90 Å². The molecule has 4 rings (SSSR count). The van der Waals surface area contributed by atoms with Crippen LogP contribution in [0.4, 0.5) is 0 Å². The Hall–Kier alpha value is -2.09. The molecule has 0 radical (unpaired) electrons. The molecular formula is C20H23N2+. The molecule has 1 unspecified atom stereocenters. The quantitative estimate of drug-likeness (QED) is 0.616. The maximum atomic E-state index is 3.97. The summed E-state index contributed by atoms with van der Waals surface area (Å²) in [5.74, 6) is 0. The van der Waals surface area contributed by atoms with E-state index in [1.54, 1.807) is 0 Å². The number of allylic oxidation sites excluding steroid dienone is 2. The summed E-state index contributed by atoms with van der Waals surface area (Å²) in [6, 6.07) is 11.8. The van der Waals surface area contributed by atoms with Gasteiger partial charge in [-0.25, -0.2) is 0 Å². The lowest BCUT2D eigenvalue weighted by Crippen LogP contribution is -2.47. The van der Waals surface area contributed by atoms with Crippen LogP contribution >= 0.6 is 0 Å². The van der Waals surface area contributed by atoms with Crippen LogP contribution in [0.5, 0.6) is 0 Å². The van der Waals surface area contributed by atoms with Gasteiger partial charge in [0.15, 0.2) is 6.54 Å². The molecule has 0 bridgehead atoms. The zero-order valence-electron chi connectivity index (χ0n) is 13.3. The number of hydrogen-bond acceptors (Lipinski definition) is 1. The van der Waals surface area contributed by atoms with E-state index in [1.165, 1.54) is 53.5 Å². The molecule has 0 aliphatic carbocycles. The summed E-state index contributed by atoms with van der Waals surface area (Å²) >= 11 is 0. The molecule has 1 atom stereocenters. The molecule has 2 aliphatic rings. The van der Waals surface area contributed by atoms with Crippen molar-refractivity contribution in [3.63, 3.8) is 0 Å². The van der Waals surface area contributed by atoms with E-state index in [0.29, 0.717) is 0 Å². The third kappa shape index (κ3) is 2.06. The molecule has 1 aromatic heterocycles. The SMILES string of the molecule is C=CC[n+]1c(C2=CN3CCC3CC2)c(C)cc2ccccc21. The second kappa shape index (κ2) is 5.28. The van der Waals surface area contributed by atoms with Gasteiger partial charge in [-0.2, -0.15) is 4.57 Å². The highest BCUT2D eigenvalue weighted by molar-refractivity contribution is 5.78. The zero-order chi connectivity index (χ0) is 15.1. The molecule has 2 aromatic rings. The summed E-state index contributed by atoms with van der Waals surface area (Å²) in [7, 11) is 0. The smallest absolute Gasteiger partial charge is 0.213 e. The van der Waals surface area contributed by atoms with Crippen LogP contribution in [0.2, 0.25) is 0 Å². The van der Waals surface area contributed by atoms with Crippen molar-refractivity contribution < 1.29 is 4.57 Å². The number of pyridine rings is 1. The molecule has 1 saturated heterocycles. The minimum atomic E-state index is 0.803. The molecule has 112 valence electrons. The fraction of sp³-hybridized carbons (Fsp3) is 0.350. The van der Waals surface area contributed by atoms with E-state index in [4.69, 9.17) is 0 Å². The van der Waals surface area contributed by atoms with E-state index >= 15 is 0 Å². The molecule has 22 heavy (non-hydrogen) atoms. The van der Waals surface area contributed by atoms with Gasteiger partial charge in [-0.05, 0) is 44.4 Å². The number of aromatic nitrogens is 1. The van der Waals surface area contributed by atoms with Crippen molar-refractivity contribution in [3.8, 4) is 0 Å². The summed E-state index contributed by atoms with van der Waals surface area (Å²) in [5, 5.41) is 1.31. The first-order valence-corrected chi connectivity index (χ1v) is 8.28. The fourth-order valence-electron chi connectivity index (χ4n) is 3.94. The number of nitrogens with zero attached hydrogens (tertiary/aromatic N) is 2. The molecule has 0 spiro atoms. The molecule has 2 aliphatic heterocycles. The van der Waals surface area contributed by atoms with Gasteiger partial charge < -0.3 is 4.90 Å². The highest BCUT2D eigenvalue weighted by Gasteiger charge is 2.32. The number of para-hydroxylation sites is 1. The molecule has 2 heteroatoms. The van der Waals surface area contributed by atoms with Crippen LogP contribution in [0.25, 0.3) is 16.5 Å². The van der Waals surface area contributed by atoms with Crippen LogP contribution < -0.4 is 4.57 Å². The zero-order valence-corrected chi connectivity index (χ0v) is 13.3. The van der Waals surface area contributed by atoms with E-state index in [1.807, 2.05) is 6.08 Å². The average Bonchev–Trinajstić information content (AvgIpc) is 2.49. The lowest BCUT2D eigenvalue weighted by Gasteiger charge is -2.43. The Morgan fingerprint density at radius 1 is 1.32 bits per heavy atom. The van der Waals surface area contributed by atoms with Crippen LogP contribution in [-0.4, -0.2) is 17.5 Å². The van der Waals surface area contributed by atoms with Gasteiger partial charge in [0, 0.05) is 41.4 Å². The topological polar surface area (TPSA) is 7.12 Å². The van der Waals surface area contributed by atoms with E-state index in [-0.39, 0.29) is 0 Å². The predicted molar refractivity (Wildman–Crippen MR) is 91.4 cm³/mol. The second-order valence-corrected chi connectivity index (χ2v) is 6.51. The Balaban J connectivity index is 1.92. The van der Waals surface area contributed by atoms with Crippen molar-refractivity contribution in [2.45, 2.75) is 38.8 Å². The first-order chi connectivity index (χ1) is 10.8. The van der Waals surface area contributed by atoms with Gasteiger partial charge in [-0.1, -0.05) is 18.7 Å². The molecule has 0 saturated carbocycles. The minimum Gasteiger partial charge on any atom is -0.374 e. The first-order valence-electron chi connectivity index (χ1n) is 8.28. The lowest BCUT2D eigenvalue weighted by atomic mass is 9.89. The summed E-state index contributed by atoms with van der Waals surface area (Å²) in [5.41, 5.74) is 5.55. The Kier molecular flexibility index (Phi) is 3.25. The maximum absolute atomic E-state index is 3.97. The number of aryl methyl sites for hydroxylation is 1. The van der Waals surface area contributed by atoms with Crippen molar-refractivity contribution in [3.05, 3.63) is 60.4 Å². The van der Waals surface area contributed by atoms with Crippen LogP contribution in [0.3, 0.4) is 0 Å². The fourth-order valence-corrected chi connectivity index (χ4v) is 3.94. The predicted octanol–water partition coefficient (Wildman–Crippen LogP) is 3.83. The van der Waals surface area contributed by atoms with Crippen molar-refractivity contribution in [2.75, 3.05) is 6.54 Å². The third-order valence-electron chi connectivity index (χ3n) is 5.12. The largest absolute Gasteiger partial charge is 0.374 e. The summed E-state index contributed by atoms with van der Waals surface area (Å²) in [6.45, 7) is 8.29. The Morgan fingerprint density at radius 2 is 2.18 bits per heavy atom. The standard InChI is InChI=1S/C20H23N2/c1-3-11-22-19-7-5-4-6-16(19)13-15(2)20(22)17-8-9-18-10-12-21(18)14-17/h3-7,13-14,18H,1,8-12H2,2H3/q+1. The molecular weight excluding hydrogens is 268 g/mol. The maximum Gasteiger partial charge on any atom is 0.213 e. The highest BCUT2D eigenvalue weighted by atomic mass is 15.2. The first kappa shape index (κ1) is 13.6. The van der Waals surface area contributed by atoms with E-state index in [9.17, 15) is 0 Å². The Bertz CT molecular complexity index is 773. The highest BCUT2D eigenvalue weighted by Crippen LogP contribution is 2.34. The van der Waals surface area contributed by atoms with Crippen LogP contribution in [0, 0.1) is 6.92 Å². The summed E-state index contributed by atoms with van der Waals surface area (Å²) < 4.78 is 2.43. The Morgan fingerprint density at radius 3 is 2.91 bits per heavy atom. The second-order valence-electron chi connectivity index (χ2n) is 6.51. The minimum absolute atomic E-state index is 0.803. The van der Waals surface area contributed by atoms with Gasteiger partial charge in [-0.15, -0.1) is 0 Å². The van der Waals surface area contributed by atoms with Gasteiger partial charge in [0.25, 0.3) is 0 Å². The monoisotopic (exact) mass is 291 g/mol. The van der Waals surface area contributed by atoms with Gasteiger partial charge in [0.05, 0.1) is 0 Å². The normalized spacial score (nSPS) is 20.3. The molecule has 3 heterocycles. The van der Waals surface area contributed by atoms with Gasteiger partial charge in [-0.3, -0.25) is 0 Å². The van der Waals surface area contributed by atoms with E-state index in [0.717, 1.165) is 12.6 Å². The average molecular weight is 291 g/mol. The Labute approximate surface area is 132 Å². The molecule has 0 N–H and O–H groups in total. The number of fused-ring (bicyclic) bond motifs is 2. The van der Waals surface area contributed by atoms with E-state index < -0.39 is 0 Å². The van der Waals surface area contributed by atoms with Gasteiger partial charge in [0.2, 0.25) is 11.2 Å². The number of rotatable bonds is 3. The van der Waals surface area contributed by atoms with E-state index in [2.05, 4.69) is 59.5 Å². The van der Waals surface area contributed by atoms with Crippen molar-refractivity contribution >= 4 is 16.5 Å². The molecule has 2 nitrogen and oxygen atoms in total.